The highest BCUT2D eigenvalue weighted by Gasteiger charge is 2.34. The maximum atomic E-state index is 12.8. The molecule has 9 heteroatoms. The number of ether oxygens (including phenoxy) is 1. The Bertz CT molecular complexity index is 1060. The monoisotopic (exact) mass is 505 g/mol. The van der Waals surface area contributed by atoms with Crippen LogP contribution in [0.5, 0.6) is 0 Å². The zero-order valence-electron chi connectivity index (χ0n) is 17.3. The lowest BCUT2D eigenvalue weighted by molar-refractivity contribution is -0.135. The average molecular weight is 506 g/mol. The molecule has 0 bridgehead atoms. The van der Waals surface area contributed by atoms with Crippen LogP contribution in [-0.2, 0) is 20.9 Å². The minimum absolute atomic E-state index is 0.0366. The van der Waals surface area contributed by atoms with E-state index in [1.807, 2.05) is 40.8 Å². The fraction of sp³-hybridized carbons (Fsp3) is 0.409. The Kier molecular flexibility index (Phi) is 6.83. The van der Waals surface area contributed by atoms with Crippen molar-refractivity contribution in [2.24, 2.45) is 0 Å². The number of amides is 3. The molecule has 0 N–H and O–H groups in total. The van der Waals surface area contributed by atoms with E-state index in [0.717, 1.165) is 45.5 Å². The van der Waals surface area contributed by atoms with Crippen molar-refractivity contribution in [3.05, 3.63) is 39.3 Å². The minimum Gasteiger partial charge on any atom is -0.378 e. The molecule has 3 amide bonds. The first-order valence-corrected chi connectivity index (χ1v) is 12.0. The van der Waals surface area contributed by atoms with Crippen molar-refractivity contribution in [1.82, 2.24) is 14.4 Å². The number of thioether (sulfide) groups is 1. The van der Waals surface area contributed by atoms with Crippen molar-refractivity contribution < 1.29 is 19.1 Å². The van der Waals surface area contributed by atoms with E-state index in [1.54, 1.807) is 6.08 Å². The second-order valence-electron chi connectivity index (χ2n) is 7.55. The smallest absolute Gasteiger partial charge is 0.293 e. The number of carbonyl (C=O) groups is 3. The molecular weight excluding hydrogens is 482 g/mol. The number of halogens is 1. The van der Waals surface area contributed by atoms with Gasteiger partial charge in [-0.1, -0.05) is 29.3 Å². The molecule has 0 atom stereocenters. The van der Waals surface area contributed by atoms with E-state index in [4.69, 9.17) is 4.74 Å². The van der Waals surface area contributed by atoms with E-state index < -0.39 is 0 Å². The molecule has 2 fully saturated rings. The molecule has 0 radical (unpaired) electrons. The number of fused-ring (bicyclic) bond motifs is 1. The van der Waals surface area contributed by atoms with Gasteiger partial charge in [-0.25, -0.2) is 0 Å². The van der Waals surface area contributed by atoms with Gasteiger partial charge in [0.2, 0.25) is 5.91 Å². The number of hydrogen-bond acceptors (Lipinski definition) is 5. The summed E-state index contributed by atoms with van der Waals surface area (Å²) in [6.07, 6.45) is 5.36. The van der Waals surface area contributed by atoms with Crippen LogP contribution in [0.1, 0.15) is 25.3 Å². The normalized spacial score (nSPS) is 18.6. The molecule has 2 aliphatic rings. The molecule has 2 aliphatic heterocycles. The van der Waals surface area contributed by atoms with Crippen LogP contribution in [0.3, 0.4) is 0 Å². The molecule has 1 aromatic carbocycles. The van der Waals surface area contributed by atoms with Crippen molar-refractivity contribution in [3.8, 4) is 0 Å². The van der Waals surface area contributed by atoms with Gasteiger partial charge in [-0.2, -0.15) is 0 Å². The summed E-state index contributed by atoms with van der Waals surface area (Å²) in [5, 5.41) is 0.696. The van der Waals surface area contributed by atoms with Crippen molar-refractivity contribution in [2.45, 2.75) is 26.3 Å². The molecule has 0 unspecified atom stereocenters. The SMILES string of the molecule is CCCCN1C(=O)S/C(=C\c2cn(CC(=O)N3CCOCC3)c3ccc(Br)cc23)C1=O. The van der Waals surface area contributed by atoms with Crippen molar-refractivity contribution >= 4 is 61.7 Å². The summed E-state index contributed by atoms with van der Waals surface area (Å²) in [7, 11) is 0. The van der Waals surface area contributed by atoms with Gasteiger partial charge in [0.25, 0.3) is 11.1 Å². The Morgan fingerprint density at radius 1 is 1.26 bits per heavy atom. The topological polar surface area (TPSA) is 71.8 Å². The molecule has 2 saturated heterocycles. The fourth-order valence-electron chi connectivity index (χ4n) is 3.75. The molecule has 0 saturated carbocycles. The van der Waals surface area contributed by atoms with Crippen LogP contribution < -0.4 is 0 Å². The third kappa shape index (κ3) is 4.73. The molecule has 1 aromatic heterocycles. The molecule has 0 aliphatic carbocycles. The summed E-state index contributed by atoms with van der Waals surface area (Å²) in [6, 6.07) is 5.86. The first-order chi connectivity index (χ1) is 15.0. The first kappa shape index (κ1) is 22.1. The van der Waals surface area contributed by atoms with Gasteiger partial charge in [-0.15, -0.1) is 0 Å². The van der Waals surface area contributed by atoms with Gasteiger partial charge >= 0.3 is 0 Å². The lowest BCUT2D eigenvalue weighted by atomic mass is 10.1. The summed E-state index contributed by atoms with van der Waals surface area (Å²) in [4.78, 5) is 41.4. The second kappa shape index (κ2) is 9.58. The zero-order chi connectivity index (χ0) is 22.0. The highest BCUT2D eigenvalue weighted by Crippen LogP contribution is 2.35. The third-order valence-electron chi connectivity index (χ3n) is 5.44. The third-order valence-corrected chi connectivity index (χ3v) is 6.84. The van der Waals surface area contributed by atoms with Gasteiger partial charge in [-0.3, -0.25) is 19.3 Å². The van der Waals surface area contributed by atoms with Crippen LogP contribution in [0.15, 0.2) is 33.8 Å². The van der Waals surface area contributed by atoms with Gasteiger partial charge in [0.05, 0.1) is 18.1 Å². The van der Waals surface area contributed by atoms with Gasteiger partial charge in [0.15, 0.2) is 0 Å². The summed E-state index contributed by atoms with van der Waals surface area (Å²) in [6.45, 7) is 5.00. The molecular formula is C22H24BrN3O4S. The van der Waals surface area contributed by atoms with E-state index in [0.29, 0.717) is 37.8 Å². The lowest BCUT2D eigenvalue weighted by Crippen LogP contribution is -2.42. The molecule has 2 aromatic rings. The predicted octanol–water partition coefficient (Wildman–Crippen LogP) is 4.10. The van der Waals surface area contributed by atoms with E-state index >= 15 is 0 Å². The molecule has 7 nitrogen and oxygen atoms in total. The maximum absolute atomic E-state index is 12.8. The standard InChI is InChI=1S/C22H24BrN3O4S/c1-2-3-6-26-21(28)19(31-22(26)29)11-15-13-25(18-5-4-16(23)12-17(15)18)14-20(27)24-7-9-30-10-8-24/h4-5,11-13H,2-3,6-10,14H2,1H3/b19-11-. The number of unbranched alkanes of at least 4 members (excludes halogenated alkanes) is 1. The lowest BCUT2D eigenvalue weighted by Gasteiger charge is -2.27. The number of carbonyl (C=O) groups excluding carboxylic acids is 3. The molecule has 0 spiro atoms. The van der Waals surface area contributed by atoms with Gasteiger partial charge < -0.3 is 14.2 Å². The zero-order valence-corrected chi connectivity index (χ0v) is 19.7. The van der Waals surface area contributed by atoms with Crippen LogP contribution in [0, 0.1) is 0 Å². The van der Waals surface area contributed by atoms with Crippen LogP contribution >= 0.6 is 27.7 Å². The predicted molar refractivity (Wildman–Crippen MR) is 125 cm³/mol. The molecule has 3 heterocycles. The summed E-state index contributed by atoms with van der Waals surface area (Å²) in [5.41, 5.74) is 1.72. The molecule has 4 rings (SSSR count). The Morgan fingerprint density at radius 3 is 2.77 bits per heavy atom. The highest BCUT2D eigenvalue weighted by atomic mass is 79.9. The van der Waals surface area contributed by atoms with Gasteiger partial charge in [0, 0.05) is 46.8 Å². The number of benzene rings is 1. The highest BCUT2D eigenvalue weighted by molar-refractivity contribution is 9.10. The Labute approximate surface area is 193 Å². The van der Waals surface area contributed by atoms with Crippen LogP contribution in [0.2, 0.25) is 0 Å². The number of hydrogen-bond donors (Lipinski definition) is 0. The summed E-state index contributed by atoms with van der Waals surface area (Å²) in [5.74, 6) is -0.210. The van der Waals surface area contributed by atoms with Crippen LogP contribution in [-0.4, -0.2) is 64.3 Å². The average Bonchev–Trinajstić information content (AvgIpc) is 3.23. The largest absolute Gasteiger partial charge is 0.378 e. The van der Waals surface area contributed by atoms with Gasteiger partial charge in [-0.05, 0) is 42.5 Å². The Balaban J connectivity index is 1.64. The molecule has 31 heavy (non-hydrogen) atoms. The van der Waals surface area contributed by atoms with E-state index in [-0.39, 0.29) is 23.6 Å². The van der Waals surface area contributed by atoms with Crippen LogP contribution in [0.4, 0.5) is 4.79 Å². The van der Waals surface area contributed by atoms with Gasteiger partial charge in [0.1, 0.15) is 6.54 Å². The fourth-order valence-corrected chi connectivity index (χ4v) is 4.97. The quantitative estimate of drug-likeness (QED) is 0.552. The maximum Gasteiger partial charge on any atom is 0.293 e. The molecule has 164 valence electrons. The minimum atomic E-state index is -0.247. The van der Waals surface area contributed by atoms with Crippen LogP contribution in [0.25, 0.3) is 17.0 Å². The number of morpholine rings is 1. The van der Waals surface area contributed by atoms with E-state index in [1.165, 1.54) is 4.90 Å². The Hall–Kier alpha value is -2.10. The number of nitrogens with zero attached hydrogens (tertiary/aromatic N) is 3. The van der Waals surface area contributed by atoms with Crippen molar-refractivity contribution in [1.29, 1.82) is 0 Å². The Morgan fingerprint density at radius 2 is 2.03 bits per heavy atom. The number of rotatable bonds is 6. The number of aromatic nitrogens is 1. The summed E-state index contributed by atoms with van der Waals surface area (Å²) < 4.78 is 8.15. The van der Waals surface area contributed by atoms with E-state index in [2.05, 4.69) is 15.9 Å². The second-order valence-corrected chi connectivity index (χ2v) is 9.46. The summed E-state index contributed by atoms with van der Waals surface area (Å²) >= 11 is 4.48. The van der Waals surface area contributed by atoms with Crippen molar-refractivity contribution in [3.63, 3.8) is 0 Å². The van der Waals surface area contributed by atoms with Crippen molar-refractivity contribution in [2.75, 3.05) is 32.8 Å². The number of imide groups is 1. The first-order valence-electron chi connectivity index (χ1n) is 10.4. The van der Waals surface area contributed by atoms with E-state index in [9.17, 15) is 14.4 Å².